The molecule has 2 aromatic rings. The van der Waals surface area contributed by atoms with Gasteiger partial charge in [0.05, 0.1) is 17.6 Å². The number of anilines is 2. The van der Waals surface area contributed by atoms with Gasteiger partial charge in [-0.15, -0.1) is 0 Å². The Hall–Kier alpha value is -1.75. The molecule has 1 aromatic heterocycles. The lowest BCUT2D eigenvalue weighted by atomic mass is 10.2. The average molecular weight is 295 g/mol. The number of aryl methyl sites for hydroxylation is 1. The van der Waals surface area contributed by atoms with E-state index >= 15 is 0 Å². The summed E-state index contributed by atoms with van der Waals surface area (Å²) in [7, 11) is 0. The maximum atomic E-state index is 11.8. The predicted molar refractivity (Wildman–Crippen MR) is 70.0 cm³/mol. The van der Waals surface area contributed by atoms with E-state index in [1.54, 1.807) is 18.2 Å². The fourth-order valence-electron chi connectivity index (χ4n) is 1.48. The number of nitrogen functional groups attached to an aromatic ring is 1. The standard InChI is InChI=1S/C12H11BrN2O2/c1-7-5-8(13)11(9(14)6-7)15-12(16)10-3-2-4-17-10/h2-6H,14H2,1H3,(H,15,16). The van der Waals surface area contributed by atoms with Crippen molar-refractivity contribution in [1.82, 2.24) is 0 Å². The molecule has 0 unspecified atom stereocenters. The zero-order valence-electron chi connectivity index (χ0n) is 9.16. The van der Waals surface area contributed by atoms with Gasteiger partial charge in [-0.2, -0.15) is 0 Å². The third-order valence-corrected chi connectivity index (χ3v) is 2.87. The first-order chi connectivity index (χ1) is 8.08. The molecule has 0 saturated carbocycles. The van der Waals surface area contributed by atoms with Crippen LogP contribution in [-0.4, -0.2) is 5.91 Å². The number of hydrogen-bond donors (Lipinski definition) is 2. The first-order valence-corrected chi connectivity index (χ1v) is 5.77. The van der Waals surface area contributed by atoms with Crippen molar-refractivity contribution in [3.8, 4) is 0 Å². The molecule has 2 rings (SSSR count). The molecule has 0 fully saturated rings. The topological polar surface area (TPSA) is 68.3 Å². The second-order valence-electron chi connectivity index (χ2n) is 3.64. The normalized spacial score (nSPS) is 10.2. The highest BCUT2D eigenvalue weighted by Crippen LogP contribution is 2.30. The van der Waals surface area contributed by atoms with Crippen molar-refractivity contribution in [3.63, 3.8) is 0 Å². The van der Waals surface area contributed by atoms with Gasteiger partial charge in [-0.3, -0.25) is 4.79 Å². The van der Waals surface area contributed by atoms with Crippen LogP contribution in [0.25, 0.3) is 0 Å². The Morgan fingerprint density at radius 2 is 2.24 bits per heavy atom. The number of benzene rings is 1. The van der Waals surface area contributed by atoms with Gasteiger partial charge in [0.25, 0.3) is 5.91 Å². The van der Waals surface area contributed by atoms with Crippen molar-refractivity contribution in [3.05, 3.63) is 46.3 Å². The van der Waals surface area contributed by atoms with E-state index in [1.165, 1.54) is 6.26 Å². The minimum Gasteiger partial charge on any atom is -0.459 e. The van der Waals surface area contributed by atoms with Crippen molar-refractivity contribution in [2.45, 2.75) is 6.92 Å². The predicted octanol–water partition coefficient (Wildman–Crippen LogP) is 3.19. The number of hydrogen-bond acceptors (Lipinski definition) is 3. The number of carbonyl (C=O) groups is 1. The van der Waals surface area contributed by atoms with E-state index in [9.17, 15) is 4.79 Å². The van der Waals surface area contributed by atoms with Crippen LogP contribution in [0, 0.1) is 6.92 Å². The Labute approximate surface area is 107 Å². The average Bonchev–Trinajstić information content (AvgIpc) is 2.76. The number of carbonyl (C=O) groups excluding carboxylic acids is 1. The maximum Gasteiger partial charge on any atom is 0.291 e. The van der Waals surface area contributed by atoms with Crippen molar-refractivity contribution in [2.24, 2.45) is 0 Å². The molecule has 88 valence electrons. The van der Waals surface area contributed by atoms with Crippen LogP contribution in [0.3, 0.4) is 0 Å². The summed E-state index contributed by atoms with van der Waals surface area (Å²) >= 11 is 3.36. The van der Waals surface area contributed by atoms with Crippen LogP contribution in [0.5, 0.6) is 0 Å². The van der Waals surface area contributed by atoms with E-state index in [0.717, 1.165) is 10.0 Å². The number of nitrogens with one attached hydrogen (secondary N) is 1. The van der Waals surface area contributed by atoms with Crippen LogP contribution in [0.1, 0.15) is 16.1 Å². The number of halogens is 1. The van der Waals surface area contributed by atoms with Crippen LogP contribution in [0.15, 0.2) is 39.4 Å². The monoisotopic (exact) mass is 294 g/mol. The molecule has 0 aliphatic heterocycles. The summed E-state index contributed by atoms with van der Waals surface area (Å²) in [4.78, 5) is 11.8. The van der Waals surface area contributed by atoms with Gasteiger partial charge in [-0.05, 0) is 52.7 Å². The third kappa shape index (κ3) is 2.50. The van der Waals surface area contributed by atoms with Crippen LogP contribution in [-0.2, 0) is 0 Å². The molecule has 1 aromatic carbocycles. The lowest BCUT2D eigenvalue weighted by Gasteiger charge is -2.10. The van der Waals surface area contributed by atoms with Crippen LogP contribution in [0.2, 0.25) is 0 Å². The molecule has 3 N–H and O–H groups in total. The molecule has 0 spiro atoms. The molecule has 0 aliphatic rings. The van der Waals surface area contributed by atoms with Crippen LogP contribution >= 0.6 is 15.9 Å². The quantitative estimate of drug-likeness (QED) is 0.836. The zero-order chi connectivity index (χ0) is 12.4. The molecule has 1 amide bonds. The second-order valence-corrected chi connectivity index (χ2v) is 4.50. The molecule has 4 nitrogen and oxygen atoms in total. The highest BCUT2D eigenvalue weighted by atomic mass is 79.9. The Morgan fingerprint density at radius 3 is 2.82 bits per heavy atom. The fraction of sp³-hybridized carbons (Fsp3) is 0.0833. The molecular weight excluding hydrogens is 284 g/mol. The summed E-state index contributed by atoms with van der Waals surface area (Å²) in [6.07, 6.45) is 1.45. The molecule has 0 bridgehead atoms. The van der Waals surface area contributed by atoms with Gasteiger partial charge < -0.3 is 15.5 Å². The fourth-order valence-corrected chi connectivity index (χ4v) is 2.17. The van der Waals surface area contributed by atoms with E-state index in [0.29, 0.717) is 11.4 Å². The van der Waals surface area contributed by atoms with E-state index in [1.807, 2.05) is 13.0 Å². The lowest BCUT2D eigenvalue weighted by Crippen LogP contribution is -2.13. The minimum absolute atomic E-state index is 0.247. The third-order valence-electron chi connectivity index (χ3n) is 2.25. The van der Waals surface area contributed by atoms with E-state index in [4.69, 9.17) is 10.2 Å². The van der Waals surface area contributed by atoms with Crippen molar-refractivity contribution in [2.75, 3.05) is 11.1 Å². The molecule has 0 atom stereocenters. The SMILES string of the molecule is Cc1cc(N)c(NC(=O)c2ccco2)c(Br)c1. The second kappa shape index (κ2) is 4.63. The molecular formula is C12H11BrN2O2. The summed E-state index contributed by atoms with van der Waals surface area (Å²) in [5, 5.41) is 2.70. The molecule has 0 aliphatic carbocycles. The van der Waals surface area contributed by atoms with E-state index < -0.39 is 0 Å². The Morgan fingerprint density at radius 1 is 1.47 bits per heavy atom. The highest BCUT2D eigenvalue weighted by molar-refractivity contribution is 9.10. The van der Waals surface area contributed by atoms with Crippen LogP contribution in [0.4, 0.5) is 11.4 Å². The molecule has 0 radical (unpaired) electrons. The molecule has 5 heteroatoms. The summed E-state index contributed by atoms with van der Waals surface area (Å²) in [5.74, 6) is -0.0804. The number of amides is 1. The Kier molecular flexibility index (Phi) is 3.19. The van der Waals surface area contributed by atoms with Crippen LogP contribution < -0.4 is 11.1 Å². The van der Waals surface area contributed by atoms with Gasteiger partial charge in [0, 0.05) is 4.47 Å². The first-order valence-electron chi connectivity index (χ1n) is 4.98. The van der Waals surface area contributed by atoms with Gasteiger partial charge >= 0.3 is 0 Å². The van der Waals surface area contributed by atoms with Gasteiger partial charge in [0.2, 0.25) is 0 Å². The number of rotatable bonds is 2. The Bertz CT molecular complexity index is 527. The number of furan rings is 1. The smallest absolute Gasteiger partial charge is 0.291 e. The van der Waals surface area contributed by atoms with Gasteiger partial charge in [-0.25, -0.2) is 0 Å². The summed E-state index contributed by atoms with van der Waals surface area (Å²) < 4.78 is 5.75. The summed E-state index contributed by atoms with van der Waals surface area (Å²) in [5.41, 5.74) is 7.93. The largest absolute Gasteiger partial charge is 0.459 e. The molecule has 17 heavy (non-hydrogen) atoms. The minimum atomic E-state index is -0.328. The molecule has 1 heterocycles. The highest BCUT2D eigenvalue weighted by Gasteiger charge is 2.13. The molecule has 0 saturated heterocycles. The van der Waals surface area contributed by atoms with Gasteiger partial charge in [-0.1, -0.05) is 0 Å². The number of nitrogens with two attached hydrogens (primary N) is 1. The zero-order valence-corrected chi connectivity index (χ0v) is 10.7. The van der Waals surface area contributed by atoms with E-state index in [2.05, 4.69) is 21.2 Å². The first kappa shape index (κ1) is 11.7. The maximum absolute atomic E-state index is 11.8. The van der Waals surface area contributed by atoms with Gasteiger partial charge in [0.1, 0.15) is 0 Å². The van der Waals surface area contributed by atoms with Crippen molar-refractivity contribution < 1.29 is 9.21 Å². The van der Waals surface area contributed by atoms with Gasteiger partial charge in [0.15, 0.2) is 5.76 Å². The van der Waals surface area contributed by atoms with E-state index in [-0.39, 0.29) is 11.7 Å². The Balaban J connectivity index is 2.28. The summed E-state index contributed by atoms with van der Waals surface area (Å²) in [6.45, 7) is 1.93. The van der Waals surface area contributed by atoms with Crippen molar-refractivity contribution >= 4 is 33.2 Å². The van der Waals surface area contributed by atoms with Crippen molar-refractivity contribution in [1.29, 1.82) is 0 Å². The summed E-state index contributed by atoms with van der Waals surface area (Å²) in [6, 6.07) is 6.92. The lowest BCUT2D eigenvalue weighted by molar-refractivity contribution is 0.0996.